The molecule has 1 saturated heterocycles. The number of nitrogens with zero attached hydrogens (tertiary/aromatic N) is 1. The van der Waals surface area contributed by atoms with E-state index in [1.165, 1.54) is 0 Å². The molecule has 1 rings (SSSR count). The van der Waals surface area contributed by atoms with Gasteiger partial charge in [-0.15, -0.1) is 0 Å². The summed E-state index contributed by atoms with van der Waals surface area (Å²) in [5, 5.41) is 11.0. The van der Waals surface area contributed by atoms with Crippen LogP contribution in [0.1, 0.15) is 19.3 Å². The smallest absolute Gasteiger partial charge is 0.165 e. The van der Waals surface area contributed by atoms with Gasteiger partial charge in [-0.3, -0.25) is 0 Å². The number of hydrogen-bond acceptors (Lipinski definition) is 4. The summed E-state index contributed by atoms with van der Waals surface area (Å²) in [6.45, 7) is 0.863. The molecule has 0 aromatic heterocycles. The van der Waals surface area contributed by atoms with Gasteiger partial charge >= 0.3 is 0 Å². The van der Waals surface area contributed by atoms with E-state index in [0.29, 0.717) is 0 Å². The fourth-order valence-corrected chi connectivity index (χ4v) is 1.05. The molecule has 1 heterocycles. The molecular weight excluding hydrogens is 160 g/mol. The fraction of sp³-hybridized carbons (Fsp3) is 0.857. The molecule has 0 bridgehead atoms. The molecule has 0 unspecified atom stereocenters. The molecule has 3 N–H and O–H groups in total. The molecule has 0 spiro atoms. The molecule has 0 aromatic carbocycles. The van der Waals surface area contributed by atoms with Crippen molar-refractivity contribution in [2.75, 3.05) is 13.2 Å². The number of amidine groups is 1. The minimum absolute atomic E-state index is 0.0733. The highest BCUT2D eigenvalue weighted by molar-refractivity contribution is 5.80. The second-order valence-electron chi connectivity index (χ2n) is 2.70. The molecule has 0 aromatic rings. The first-order valence-electron chi connectivity index (χ1n) is 4.02. The summed E-state index contributed by atoms with van der Waals surface area (Å²) in [4.78, 5) is 0. The van der Waals surface area contributed by atoms with Crippen LogP contribution in [0.25, 0.3) is 0 Å². The minimum Gasteiger partial charge on any atom is -0.409 e. The Bertz CT molecular complexity index is 155. The summed E-state index contributed by atoms with van der Waals surface area (Å²) in [5.41, 5.74) is 5.21. The van der Waals surface area contributed by atoms with Crippen molar-refractivity contribution in [1.29, 1.82) is 0 Å². The van der Waals surface area contributed by atoms with Gasteiger partial charge in [-0.1, -0.05) is 5.16 Å². The Hall–Kier alpha value is -0.810. The first-order valence-corrected chi connectivity index (χ1v) is 4.02. The summed E-state index contributed by atoms with van der Waals surface area (Å²) in [6, 6.07) is 0. The molecule has 12 heavy (non-hydrogen) atoms. The van der Waals surface area contributed by atoms with Gasteiger partial charge in [-0.2, -0.15) is 0 Å². The van der Waals surface area contributed by atoms with Gasteiger partial charge in [0.1, 0.15) is 6.61 Å². The van der Waals surface area contributed by atoms with E-state index in [4.69, 9.17) is 20.4 Å². The lowest BCUT2D eigenvalue weighted by atomic mass is 10.2. The van der Waals surface area contributed by atoms with Gasteiger partial charge in [0, 0.05) is 6.61 Å². The van der Waals surface area contributed by atoms with Crippen molar-refractivity contribution in [2.24, 2.45) is 10.9 Å². The average Bonchev–Trinajstić information content (AvgIpc) is 2.16. The van der Waals surface area contributed by atoms with Crippen molar-refractivity contribution in [3.8, 4) is 0 Å². The van der Waals surface area contributed by atoms with Crippen LogP contribution in [0.5, 0.6) is 0 Å². The second-order valence-corrected chi connectivity index (χ2v) is 2.70. The first-order chi connectivity index (χ1) is 5.83. The second kappa shape index (κ2) is 4.95. The van der Waals surface area contributed by atoms with Crippen molar-refractivity contribution in [3.05, 3.63) is 0 Å². The van der Waals surface area contributed by atoms with Crippen LogP contribution in [0.4, 0.5) is 0 Å². The Morgan fingerprint density at radius 2 is 2.50 bits per heavy atom. The topological polar surface area (TPSA) is 77.1 Å². The lowest BCUT2D eigenvalue weighted by Gasteiger charge is -2.22. The molecule has 0 radical (unpaired) electrons. The summed E-state index contributed by atoms with van der Waals surface area (Å²) >= 11 is 0. The Balaban J connectivity index is 2.13. The van der Waals surface area contributed by atoms with E-state index in [1.54, 1.807) is 0 Å². The fourth-order valence-electron chi connectivity index (χ4n) is 1.05. The molecule has 0 saturated carbocycles. The third-order valence-electron chi connectivity index (χ3n) is 1.68. The van der Waals surface area contributed by atoms with Crippen molar-refractivity contribution in [2.45, 2.75) is 25.6 Å². The van der Waals surface area contributed by atoms with Gasteiger partial charge in [-0.05, 0) is 19.3 Å². The zero-order valence-electron chi connectivity index (χ0n) is 6.90. The predicted octanol–water partition coefficient (Wildman–Crippen LogP) is 0.276. The zero-order valence-corrected chi connectivity index (χ0v) is 6.90. The Kier molecular flexibility index (Phi) is 3.83. The molecule has 0 aliphatic carbocycles. The molecule has 70 valence electrons. The highest BCUT2D eigenvalue weighted by Crippen LogP contribution is 2.13. The Labute approximate surface area is 71.1 Å². The van der Waals surface area contributed by atoms with Gasteiger partial charge in [0.2, 0.25) is 0 Å². The number of nitrogens with two attached hydrogens (primary N) is 1. The lowest BCUT2D eigenvalue weighted by Crippen LogP contribution is -2.28. The summed E-state index contributed by atoms with van der Waals surface area (Å²) in [6.07, 6.45) is 2.90. The Morgan fingerprint density at radius 1 is 1.67 bits per heavy atom. The monoisotopic (exact) mass is 174 g/mol. The largest absolute Gasteiger partial charge is 0.409 e. The molecular formula is C7H14N2O3. The van der Waals surface area contributed by atoms with E-state index >= 15 is 0 Å². The Morgan fingerprint density at radius 3 is 3.08 bits per heavy atom. The zero-order chi connectivity index (χ0) is 8.81. The van der Waals surface area contributed by atoms with Gasteiger partial charge in [0.05, 0.1) is 0 Å². The van der Waals surface area contributed by atoms with Crippen molar-refractivity contribution >= 4 is 5.84 Å². The first kappa shape index (κ1) is 9.28. The normalized spacial score (nSPS) is 25.7. The van der Waals surface area contributed by atoms with Crippen LogP contribution in [-0.2, 0) is 9.47 Å². The highest BCUT2D eigenvalue weighted by atomic mass is 16.7. The van der Waals surface area contributed by atoms with Crippen LogP contribution in [-0.4, -0.2) is 30.5 Å². The summed E-state index contributed by atoms with van der Waals surface area (Å²) in [7, 11) is 0. The quantitative estimate of drug-likeness (QED) is 0.279. The molecule has 1 aliphatic rings. The van der Waals surface area contributed by atoms with Crippen LogP contribution < -0.4 is 5.73 Å². The predicted molar refractivity (Wildman–Crippen MR) is 43.0 cm³/mol. The molecule has 1 fully saturated rings. The van der Waals surface area contributed by atoms with Crippen molar-refractivity contribution in [3.63, 3.8) is 0 Å². The van der Waals surface area contributed by atoms with E-state index < -0.39 is 0 Å². The maximum absolute atomic E-state index is 8.21. The van der Waals surface area contributed by atoms with E-state index in [9.17, 15) is 0 Å². The number of oxime groups is 1. The number of ether oxygens (including phenoxy) is 2. The van der Waals surface area contributed by atoms with Crippen LogP contribution in [0, 0.1) is 0 Å². The van der Waals surface area contributed by atoms with E-state index in [2.05, 4.69) is 5.16 Å². The van der Waals surface area contributed by atoms with E-state index in [1.807, 2.05) is 0 Å². The highest BCUT2D eigenvalue weighted by Gasteiger charge is 2.13. The maximum Gasteiger partial charge on any atom is 0.165 e. The van der Waals surface area contributed by atoms with Gasteiger partial charge in [0.25, 0.3) is 0 Å². The lowest BCUT2D eigenvalue weighted by molar-refractivity contribution is -0.153. The number of hydrogen-bond donors (Lipinski definition) is 2. The summed E-state index contributed by atoms with van der Waals surface area (Å²) in [5.74, 6) is 0.0733. The van der Waals surface area contributed by atoms with Crippen molar-refractivity contribution < 1.29 is 14.7 Å². The third-order valence-corrected chi connectivity index (χ3v) is 1.68. The standard InChI is InChI=1S/C7H14N2O3/c8-6(9-10)5-12-7-3-1-2-4-11-7/h7,10H,1-5H2,(H2,8,9)/t7-/m1/s1. The van der Waals surface area contributed by atoms with Crippen LogP contribution in [0.15, 0.2) is 5.16 Å². The van der Waals surface area contributed by atoms with Crippen molar-refractivity contribution in [1.82, 2.24) is 0 Å². The SMILES string of the molecule is NC(CO[C@@H]1CCCCO1)=NO. The molecule has 0 amide bonds. The van der Waals surface area contributed by atoms with Gasteiger partial charge in [-0.25, -0.2) is 0 Å². The molecule has 5 nitrogen and oxygen atoms in total. The van der Waals surface area contributed by atoms with E-state index in [0.717, 1.165) is 25.9 Å². The van der Waals surface area contributed by atoms with Crippen LogP contribution in [0.2, 0.25) is 0 Å². The minimum atomic E-state index is -0.181. The summed E-state index contributed by atoms with van der Waals surface area (Å²) < 4.78 is 10.5. The third kappa shape index (κ3) is 3.06. The number of rotatable bonds is 3. The molecule has 1 atom stereocenters. The van der Waals surface area contributed by atoms with E-state index in [-0.39, 0.29) is 18.7 Å². The molecule has 1 aliphatic heterocycles. The van der Waals surface area contributed by atoms with Crippen LogP contribution in [0.3, 0.4) is 0 Å². The van der Waals surface area contributed by atoms with Gasteiger partial charge < -0.3 is 20.4 Å². The maximum atomic E-state index is 8.21. The molecule has 5 heteroatoms. The van der Waals surface area contributed by atoms with Crippen LogP contribution >= 0.6 is 0 Å². The average molecular weight is 174 g/mol. The van der Waals surface area contributed by atoms with Gasteiger partial charge in [0.15, 0.2) is 12.1 Å².